The number of esters is 3. The molecule has 0 radical (unpaired) electrons. The summed E-state index contributed by atoms with van der Waals surface area (Å²) < 4.78 is 17.0. The molecule has 0 heterocycles. The molecule has 0 aromatic rings. The van der Waals surface area contributed by atoms with Crippen molar-refractivity contribution in [3.05, 3.63) is 85.1 Å². The van der Waals surface area contributed by atoms with Crippen LogP contribution in [0.2, 0.25) is 0 Å². The number of carbonyl (C=O) groups is 3. The molecule has 0 rings (SSSR count). The van der Waals surface area contributed by atoms with Gasteiger partial charge in [-0.25, -0.2) is 0 Å². The summed E-state index contributed by atoms with van der Waals surface area (Å²) in [7, 11) is 0. The highest BCUT2D eigenvalue weighted by Gasteiger charge is 2.19. The second-order valence-electron chi connectivity index (χ2n) is 23.8. The second-order valence-corrected chi connectivity index (χ2v) is 23.8. The van der Waals surface area contributed by atoms with Crippen LogP contribution < -0.4 is 0 Å². The van der Waals surface area contributed by atoms with Gasteiger partial charge in [-0.15, -0.1) is 0 Å². The SMILES string of the molecule is CC/C=C\C/C=C\C/C=C\C/C=C\C/C=C\CCCCCCCCCCCCCCCCCCCC(=O)OCC(COC(=O)CCCCCCC/C=C\CCCCCC)OC(=O)CCCCCCCCC/C=C\CCCCCCCCC. The van der Waals surface area contributed by atoms with Gasteiger partial charge in [-0.1, -0.05) is 311 Å². The Bertz CT molecular complexity index is 1550. The molecule has 6 nitrogen and oxygen atoms in total. The number of allylic oxidation sites excluding steroid dienone is 14. The first-order valence-electron chi connectivity index (χ1n) is 35.6. The molecule has 1 unspecified atom stereocenters. The fourth-order valence-corrected chi connectivity index (χ4v) is 10.3. The summed E-state index contributed by atoms with van der Waals surface area (Å²) >= 11 is 0. The molecule has 0 saturated carbocycles. The monoisotopic (exact) mass is 1140 g/mol. The normalized spacial score (nSPS) is 12.6. The highest BCUT2D eigenvalue weighted by molar-refractivity contribution is 5.71. The standard InChI is InChI=1S/C76H134O6/c1-4-7-10-13-16-19-22-25-27-29-31-32-33-34-35-36-37-38-39-40-41-42-43-44-45-47-48-51-54-57-60-63-66-69-75(78)81-72-73(71-80-74(77)68-65-62-59-56-53-50-24-21-18-15-12-9-6-3)82-76(79)70-67-64-61-58-55-52-49-46-30-28-26-23-20-17-14-11-8-5-2/h7,10,16,19,21,24-25,27-28,30-32,34-35,73H,4-6,8-9,11-15,17-18,20,22-23,26,29,33,36-72H2,1-3H3/b10-7-,19-16-,24-21-,27-25-,30-28-,32-31-,35-34-. The third-order valence-electron chi connectivity index (χ3n) is 15.6. The van der Waals surface area contributed by atoms with Crippen LogP contribution in [0.5, 0.6) is 0 Å². The quantitative estimate of drug-likeness (QED) is 0.0261. The van der Waals surface area contributed by atoms with Crippen LogP contribution in [-0.4, -0.2) is 37.2 Å². The summed E-state index contributed by atoms with van der Waals surface area (Å²) in [6.45, 7) is 6.54. The lowest BCUT2D eigenvalue weighted by atomic mass is 10.0. The molecule has 1 atom stereocenters. The Balaban J connectivity index is 4.17. The number of ether oxygens (including phenoxy) is 3. The van der Waals surface area contributed by atoms with E-state index < -0.39 is 6.10 Å². The van der Waals surface area contributed by atoms with Gasteiger partial charge in [-0.3, -0.25) is 14.4 Å². The van der Waals surface area contributed by atoms with E-state index in [0.29, 0.717) is 19.3 Å². The summed E-state index contributed by atoms with van der Waals surface area (Å²) in [4.78, 5) is 38.4. The minimum absolute atomic E-state index is 0.0766. The first-order valence-corrected chi connectivity index (χ1v) is 35.6. The van der Waals surface area contributed by atoms with Crippen LogP contribution in [0.4, 0.5) is 0 Å². The van der Waals surface area contributed by atoms with Crippen LogP contribution in [0.3, 0.4) is 0 Å². The molecule has 6 heteroatoms. The van der Waals surface area contributed by atoms with Crippen molar-refractivity contribution in [1.82, 2.24) is 0 Å². The molecule has 0 aromatic carbocycles. The third-order valence-corrected chi connectivity index (χ3v) is 15.6. The second kappa shape index (κ2) is 70.1. The number of hydrogen-bond acceptors (Lipinski definition) is 6. The Morgan fingerprint density at radius 2 is 0.476 bits per heavy atom. The van der Waals surface area contributed by atoms with Gasteiger partial charge >= 0.3 is 17.9 Å². The molecule has 0 bridgehead atoms. The van der Waals surface area contributed by atoms with Crippen LogP contribution in [0, 0.1) is 0 Å². The van der Waals surface area contributed by atoms with E-state index in [1.54, 1.807) is 0 Å². The minimum atomic E-state index is -0.781. The van der Waals surface area contributed by atoms with Crippen molar-refractivity contribution in [2.24, 2.45) is 0 Å². The van der Waals surface area contributed by atoms with Gasteiger partial charge in [0.05, 0.1) is 0 Å². The van der Waals surface area contributed by atoms with Gasteiger partial charge in [-0.05, 0) is 116 Å². The molecule has 82 heavy (non-hydrogen) atoms. The van der Waals surface area contributed by atoms with Crippen LogP contribution in [0.1, 0.15) is 361 Å². The smallest absolute Gasteiger partial charge is 0.306 e. The van der Waals surface area contributed by atoms with Gasteiger partial charge in [-0.2, -0.15) is 0 Å². The Morgan fingerprint density at radius 1 is 0.256 bits per heavy atom. The summed E-state index contributed by atoms with van der Waals surface area (Å²) in [5, 5.41) is 0. The molecule has 0 amide bonds. The van der Waals surface area contributed by atoms with Gasteiger partial charge in [0.1, 0.15) is 13.2 Å². The van der Waals surface area contributed by atoms with E-state index in [9.17, 15) is 14.4 Å². The molecule has 0 aliphatic carbocycles. The van der Waals surface area contributed by atoms with Gasteiger partial charge in [0.15, 0.2) is 6.10 Å². The zero-order valence-corrected chi connectivity index (χ0v) is 54.5. The summed E-state index contributed by atoms with van der Waals surface area (Å²) in [5.41, 5.74) is 0. The zero-order valence-electron chi connectivity index (χ0n) is 54.5. The number of hydrogen-bond donors (Lipinski definition) is 0. The topological polar surface area (TPSA) is 78.9 Å². The van der Waals surface area contributed by atoms with Crippen molar-refractivity contribution < 1.29 is 28.6 Å². The lowest BCUT2D eigenvalue weighted by molar-refractivity contribution is -0.167. The van der Waals surface area contributed by atoms with Crippen LogP contribution >= 0.6 is 0 Å². The van der Waals surface area contributed by atoms with E-state index in [1.807, 2.05) is 0 Å². The zero-order chi connectivity index (χ0) is 59.2. The Morgan fingerprint density at radius 3 is 0.768 bits per heavy atom. The molecule has 0 spiro atoms. The molecule has 0 N–H and O–H groups in total. The van der Waals surface area contributed by atoms with Crippen molar-refractivity contribution in [2.45, 2.75) is 367 Å². The molecule has 0 fully saturated rings. The molecular weight excluding hydrogens is 1010 g/mol. The van der Waals surface area contributed by atoms with Crippen molar-refractivity contribution in [1.29, 1.82) is 0 Å². The fraction of sp³-hybridized carbons (Fsp3) is 0.776. The minimum Gasteiger partial charge on any atom is -0.462 e. The summed E-state index contributed by atoms with van der Waals surface area (Å²) in [6.07, 6.45) is 93.3. The first kappa shape index (κ1) is 78.6. The van der Waals surface area contributed by atoms with Gasteiger partial charge in [0.25, 0.3) is 0 Å². The third kappa shape index (κ3) is 67.4. The van der Waals surface area contributed by atoms with Crippen LogP contribution in [-0.2, 0) is 28.6 Å². The highest BCUT2D eigenvalue weighted by atomic mass is 16.6. The van der Waals surface area contributed by atoms with Crippen LogP contribution in [0.25, 0.3) is 0 Å². The molecule has 0 saturated heterocycles. The lowest BCUT2D eigenvalue weighted by Gasteiger charge is -2.18. The van der Waals surface area contributed by atoms with E-state index >= 15 is 0 Å². The van der Waals surface area contributed by atoms with E-state index in [4.69, 9.17) is 14.2 Å². The molecule has 0 aromatic heterocycles. The number of unbranched alkanes of at least 4 members (excludes halogenated alkanes) is 40. The van der Waals surface area contributed by atoms with Crippen molar-refractivity contribution >= 4 is 17.9 Å². The van der Waals surface area contributed by atoms with E-state index in [1.165, 1.54) is 225 Å². The lowest BCUT2D eigenvalue weighted by Crippen LogP contribution is -2.30. The van der Waals surface area contributed by atoms with Crippen LogP contribution in [0.15, 0.2) is 85.1 Å². The predicted molar refractivity (Wildman–Crippen MR) is 358 cm³/mol. The predicted octanol–water partition coefficient (Wildman–Crippen LogP) is 24.6. The molecule has 474 valence electrons. The summed E-state index contributed by atoms with van der Waals surface area (Å²) in [5.74, 6) is -0.871. The Kier molecular flexibility index (Phi) is 67.2. The average molecular weight is 1140 g/mol. The average Bonchev–Trinajstić information content (AvgIpc) is 3.47. The fourth-order valence-electron chi connectivity index (χ4n) is 10.3. The molecule has 0 aliphatic rings. The maximum absolute atomic E-state index is 12.9. The van der Waals surface area contributed by atoms with E-state index in [2.05, 4.69) is 106 Å². The molecule has 0 aliphatic heterocycles. The largest absolute Gasteiger partial charge is 0.462 e. The maximum Gasteiger partial charge on any atom is 0.306 e. The van der Waals surface area contributed by atoms with Crippen molar-refractivity contribution in [2.75, 3.05) is 13.2 Å². The number of rotatable bonds is 65. The Labute approximate surface area is 509 Å². The summed E-state index contributed by atoms with van der Waals surface area (Å²) in [6, 6.07) is 0. The first-order chi connectivity index (χ1) is 40.5. The Hall–Kier alpha value is -3.41. The molecular formula is C76H134O6. The van der Waals surface area contributed by atoms with Crippen molar-refractivity contribution in [3.8, 4) is 0 Å². The van der Waals surface area contributed by atoms with E-state index in [0.717, 1.165) is 96.3 Å². The van der Waals surface area contributed by atoms with E-state index in [-0.39, 0.29) is 31.1 Å². The van der Waals surface area contributed by atoms with Crippen molar-refractivity contribution in [3.63, 3.8) is 0 Å². The highest BCUT2D eigenvalue weighted by Crippen LogP contribution is 2.17. The number of carbonyl (C=O) groups excluding carboxylic acids is 3. The maximum atomic E-state index is 12.9. The van der Waals surface area contributed by atoms with Gasteiger partial charge < -0.3 is 14.2 Å². The van der Waals surface area contributed by atoms with Gasteiger partial charge in [0, 0.05) is 19.3 Å². The van der Waals surface area contributed by atoms with Gasteiger partial charge in [0.2, 0.25) is 0 Å².